The van der Waals surface area contributed by atoms with Gasteiger partial charge in [0.1, 0.15) is 13.2 Å². The van der Waals surface area contributed by atoms with Gasteiger partial charge in [0.05, 0.1) is 0 Å². The van der Waals surface area contributed by atoms with Crippen molar-refractivity contribution in [2.45, 2.75) is 258 Å². The first-order valence-corrected chi connectivity index (χ1v) is 27.7. The second-order valence-electron chi connectivity index (χ2n) is 18.1. The van der Waals surface area contributed by atoms with Crippen LogP contribution in [0.5, 0.6) is 0 Å². The lowest BCUT2D eigenvalue weighted by Crippen LogP contribution is -2.30. The number of allylic oxidation sites excluding steroid dienone is 16. The third kappa shape index (κ3) is 53.2. The molecule has 0 aromatic carbocycles. The summed E-state index contributed by atoms with van der Waals surface area (Å²) in [5.74, 6) is -1.01. The van der Waals surface area contributed by atoms with Crippen LogP contribution in [0.4, 0.5) is 0 Å². The summed E-state index contributed by atoms with van der Waals surface area (Å²) < 4.78 is 16.7. The van der Waals surface area contributed by atoms with Gasteiger partial charge in [0.2, 0.25) is 0 Å². The zero-order valence-electron chi connectivity index (χ0n) is 43.6. The first-order valence-electron chi connectivity index (χ1n) is 27.7. The maximum absolute atomic E-state index is 12.7. The molecule has 0 saturated carbocycles. The van der Waals surface area contributed by atoms with E-state index < -0.39 is 12.1 Å². The van der Waals surface area contributed by atoms with Crippen LogP contribution in [0, 0.1) is 0 Å². The molecule has 0 aliphatic rings. The van der Waals surface area contributed by atoms with Crippen molar-refractivity contribution in [2.75, 3.05) is 13.2 Å². The maximum atomic E-state index is 12.7. The fourth-order valence-corrected chi connectivity index (χ4v) is 7.38. The number of esters is 3. The third-order valence-corrected chi connectivity index (χ3v) is 11.6. The molecule has 382 valence electrons. The molecule has 0 rings (SSSR count). The zero-order valence-corrected chi connectivity index (χ0v) is 43.6. The molecule has 0 saturated heterocycles. The lowest BCUT2D eigenvalue weighted by Gasteiger charge is -2.18. The summed E-state index contributed by atoms with van der Waals surface area (Å²) in [5, 5.41) is 0. The van der Waals surface area contributed by atoms with Gasteiger partial charge in [0, 0.05) is 19.3 Å². The Morgan fingerprint density at radius 1 is 0.313 bits per heavy atom. The van der Waals surface area contributed by atoms with Gasteiger partial charge in [0.15, 0.2) is 6.10 Å². The monoisotopic (exact) mass is 931 g/mol. The highest BCUT2D eigenvalue weighted by Gasteiger charge is 2.19. The molecule has 1 unspecified atom stereocenters. The van der Waals surface area contributed by atoms with Crippen LogP contribution in [0.25, 0.3) is 0 Å². The Morgan fingerprint density at radius 2 is 0.627 bits per heavy atom. The van der Waals surface area contributed by atoms with Crippen LogP contribution in [-0.2, 0) is 28.6 Å². The molecule has 0 aliphatic heterocycles. The normalized spacial score (nSPS) is 12.8. The first-order chi connectivity index (χ1) is 33.0. The third-order valence-electron chi connectivity index (χ3n) is 11.6. The summed E-state index contributed by atoms with van der Waals surface area (Å²) >= 11 is 0. The zero-order chi connectivity index (χ0) is 48.6. The summed E-state index contributed by atoms with van der Waals surface area (Å²) in [6.45, 7) is 6.40. The van der Waals surface area contributed by atoms with Crippen molar-refractivity contribution in [1.82, 2.24) is 0 Å². The average molecular weight is 931 g/mol. The van der Waals surface area contributed by atoms with E-state index in [4.69, 9.17) is 14.2 Å². The molecule has 0 spiro atoms. The number of carbonyl (C=O) groups is 3. The van der Waals surface area contributed by atoms with Crippen LogP contribution in [0.3, 0.4) is 0 Å². The van der Waals surface area contributed by atoms with Gasteiger partial charge in [-0.05, 0) is 103 Å². The lowest BCUT2D eigenvalue weighted by atomic mass is 10.1. The largest absolute Gasteiger partial charge is 0.462 e. The molecule has 0 N–H and O–H groups in total. The van der Waals surface area contributed by atoms with Crippen molar-refractivity contribution >= 4 is 17.9 Å². The molecule has 0 aromatic heterocycles. The van der Waals surface area contributed by atoms with Gasteiger partial charge in [-0.2, -0.15) is 0 Å². The summed E-state index contributed by atoms with van der Waals surface area (Å²) in [6.07, 6.45) is 72.8. The summed E-state index contributed by atoms with van der Waals surface area (Å²) in [5.41, 5.74) is 0. The Morgan fingerprint density at radius 3 is 1.03 bits per heavy atom. The first kappa shape index (κ1) is 63.3. The van der Waals surface area contributed by atoms with Crippen LogP contribution in [0.1, 0.15) is 252 Å². The van der Waals surface area contributed by atoms with Crippen molar-refractivity contribution in [3.05, 3.63) is 97.2 Å². The smallest absolute Gasteiger partial charge is 0.306 e. The molecular weight excluding hydrogens is 829 g/mol. The van der Waals surface area contributed by atoms with Gasteiger partial charge in [-0.1, -0.05) is 227 Å². The quantitative estimate of drug-likeness (QED) is 0.0262. The molecule has 0 amide bonds. The summed E-state index contributed by atoms with van der Waals surface area (Å²) in [4.78, 5) is 37.9. The van der Waals surface area contributed by atoms with Gasteiger partial charge in [-0.3, -0.25) is 14.4 Å². The lowest BCUT2D eigenvalue weighted by molar-refractivity contribution is -0.166. The van der Waals surface area contributed by atoms with E-state index >= 15 is 0 Å². The van der Waals surface area contributed by atoms with Gasteiger partial charge in [-0.15, -0.1) is 0 Å². The van der Waals surface area contributed by atoms with E-state index in [1.807, 2.05) is 12.2 Å². The topological polar surface area (TPSA) is 78.9 Å². The Balaban J connectivity index is 4.32. The van der Waals surface area contributed by atoms with E-state index in [9.17, 15) is 14.4 Å². The number of unbranched alkanes of at least 4 members (excludes halogenated alkanes) is 22. The molecule has 6 nitrogen and oxygen atoms in total. The Bertz CT molecular complexity index is 1350. The molecule has 67 heavy (non-hydrogen) atoms. The molecule has 0 aromatic rings. The summed E-state index contributed by atoms with van der Waals surface area (Å²) in [7, 11) is 0. The molecule has 6 heteroatoms. The highest BCUT2D eigenvalue weighted by Crippen LogP contribution is 2.14. The van der Waals surface area contributed by atoms with E-state index in [2.05, 4.69) is 106 Å². The van der Waals surface area contributed by atoms with E-state index in [1.54, 1.807) is 0 Å². The van der Waals surface area contributed by atoms with Crippen LogP contribution < -0.4 is 0 Å². The number of ether oxygens (including phenoxy) is 3. The van der Waals surface area contributed by atoms with Crippen LogP contribution >= 0.6 is 0 Å². The van der Waals surface area contributed by atoms with Crippen molar-refractivity contribution in [3.63, 3.8) is 0 Å². The number of hydrogen-bond acceptors (Lipinski definition) is 6. The van der Waals surface area contributed by atoms with Crippen molar-refractivity contribution in [2.24, 2.45) is 0 Å². The molecule has 0 fully saturated rings. The van der Waals surface area contributed by atoms with Gasteiger partial charge in [-0.25, -0.2) is 0 Å². The SMILES string of the molecule is CC/C=C\C/C=C\C/C=C\C/C=C\CCC(=O)OC(COC(=O)CCCCCCC/C=C\CCCC)COC(=O)CCCCCCCCCCCC/C=C\C/C=C\C/C=C\CCCCCCC. The number of carbonyl (C=O) groups excluding carboxylic acids is 3. The van der Waals surface area contributed by atoms with Crippen LogP contribution in [0.15, 0.2) is 97.2 Å². The average Bonchev–Trinajstić information content (AvgIpc) is 3.33. The van der Waals surface area contributed by atoms with Crippen molar-refractivity contribution < 1.29 is 28.6 Å². The standard InChI is InChI=1S/C61H102O6/c1-4-7-10-13-16-19-22-24-25-26-27-28-29-30-31-32-33-34-35-37-39-42-45-48-51-54-60(63)66-57-58(56-65-59(62)53-50-47-44-41-38-21-18-15-12-9-6-3)67-61(64)55-52-49-46-43-40-36-23-20-17-14-11-8-5-2/h8,11,15,17-18,20,22,24,26-27,29-30,36,40,46,49,58H,4-7,9-10,12-14,16,19,21,23,25,28,31-35,37-39,41-45,47-48,50-57H2,1-3H3/b11-8-,18-15-,20-17-,24-22-,27-26-,30-29-,40-36-,49-46-. The second kappa shape index (κ2) is 54.9. The van der Waals surface area contributed by atoms with Gasteiger partial charge in [0.25, 0.3) is 0 Å². The predicted molar refractivity (Wildman–Crippen MR) is 288 cm³/mol. The second-order valence-corrected chi connectivity index (χ2v) is 18.1. The van der Waals surface area contributed by atoms with Crippen molar-refractivity contribution in [1.29, 1.82) is 0 Å². The molecule has 0 aliphatic carbocycles. The van der Waals surface area contributed by atoms with Gasteiger partial charge >= 0.3 is 17.9 Å². The fraction of sp³-hybridized carbons (Fsp3) is 0.689. The molecule has 0 heterocycles. The minimum Gasteiger partial charge on any atom is -0.462 e. The van der Waals surface area contributed by atoms with E-state index in [0.717, 1.165) is 89.9 Å². The highest BCUT2D eigenvalue weighted by atomic mass is 16.6. The van der Waals surface area contributed by atoms with Gasteiger partial charge < -0.3 is 14.2 Å². The fourth-order valence-electron chi connectivity index (χ4n) is 7.38. The van der Waals surface area contributed by atoms with E-state index in [1.165, 1.54) is 116 Å². The molecule has 1 atom stereocenters. The minimum absolute atomic E-state index is 0.111. The Kier molecular flexibility index (Phi) is 51.9. The molecular formula is C61H102O6. The summed E-state index contributed by atoms with van der Waals surface area (Å²) in [6, 6.07) is 0. The minimum atomic E-state index is -0.820. The Hall–Kier alpha value is -3.67. The van der Waals surface area contributed by atoms with Crippen LogP contribution in [0.2, 0.25) is 0 Å². The van der Waals surface area contributed by atoms with Crippen LogP contribution in [-0.4, -0.2) is 37.2 Å². The Labute approximate surface area is 413 Å². The highest BCUT2D eigenvalue weighted by molar-refractivity contribution is 5.71. The van der Waals surface area contributed by atoms with E-state index in [0.29, 0.717) is 19.3 Å². The predicted octanol–water partition coefficient (Wildman–Crippen LogP) is 18.5. The van der Waals surface area contributed by atoms with Crippen molar-refractivity contribution in [3.8, 4) is 0 Å². The number of hydrogen-bond donors (Lipinski definition) is 0. The number of rotatable bonds is 49. The molecule has 0 radical (unpaired) electrons. The maximum Gasteiger partial charge on any atom is 0.306 e. The molecule has 0 bridgehead atoms. The van der Waals surface area contributed by atoms with E-state index in [-0.39, 0.29) is 31.6 Å².